The predicted octanol–water partition coefficient (Wildman–Crippen LogP) is 3.05. The minimum absolute atomic E-state index is 0.218. The van der Waals surface area contributed by atoms with Crippen LogP contribution in [0.1, 0.15) is 34.1 Å². The first-order valence-electron chi connectivity index (χ1n) is 7.87. The van der Waals surface area contributed by atoms with E-state index in [1.165, 1.54) is 32.4 Å². The van der Waals surface area contributed by atoms with Crippen LogP contribution >= 0.6 is 0 Å². The lowest BCUT2D eigenvalue weighted by atomic mass is 10.1. The van der Waals surface area contributed by atoms with Crippen LogP contribution in [-0.4, -0.2) is 32.1 Å². The average molecular weight is 357 g/mol. The third-order valence-electron chi connectivity index (χ3n) is 3.52. The molecule has 1 amide bonds. The van der Waals surface area contributed by atoms with Crippen molar-refractivity contribution in [2.45, 2.75) is 13.3 Å². The number of hydrogen-bond acceptors (Lipinski definition) is 6. The van der Waals surface area contributed by atoms with E-state index in [1.807, 2.05) is 0 Å². The van der Waals surface area contributed by atoms with Crippen LogP contribution in [0.4, 0.5) is 5.69 Å². The van der Waals surface area contributed by atoms with Crippen molar-refractivity contribution in [2.24, 2.45) is 0 Å². The second kappa shape index (κ2) is 8.66. The van der Waals surface area contributed by atoms with Gasteiger partial charge < -0.3 is 19.5 Å². The second-order valence-corrected chi connectivity index (χ2v) is 5.18. The number of carbonyl (C=O) groups excluding carboxylic acids is 3. The zero-order valence-electron chi connectivity index (χ0n) is 14.7. The van der Waals surface area contributed by atoms with Crippen molar-refractivity contribution in [3.05, 3.63) is 53.6 Å². The van der Waals surface area contributed by atoms with Crippen molar-refractivity contribution < 1.29 is 28.6 Å². The lowest BCUT2D eigenvalue weighted by Gasteiger charge is -2.12. The van der Waals surface area contributed by atoms with Crippen LogP contribution in [0.5, 0.6) is 11.5 Å². The molecule has 0 unspecified atom stereocenters. The molecule has 2 aromatic carbocycles. The summed E-state index contributed by atoms with van der Waals surface area (Å²) in [6.07, 6.45) is 0.218. The molecule has 0 aromatic heterocycles. The number of amides is 1. The molecule has 2 aromatic rings. The maximum absolute atomic E-state index is 12.5. The molecule has 136 valence electrons. The number of carbonyl (C=O) groups is 3. The summed E-state index contributed by atoms with van der Waals surface area (Å²) in [7, 11) is 2.68. The van der Waals surface area contributed by atoms with E-state index < -0.39 is 17.8 Å². The summed E-state index contributed by atoms with van der Waals surface area (Å²) < 4.78 is 15.0. The number of anilines is 1. The zero-order chi connectivity index (χ0) is 19.1. The van der Waals surface area contributed by atoms with Gasteiger partial charge in [-0.25, -0.2) is 4.79 Å². The van der Waals surface area contributed by atoms with Gasteiger partial charge in [-0.3, -0.25) is 9.59 Å². The lowest BCUT2D eigenvalue weighted by molar-refractivity contribution is -0.134. The molecule has 1 N–H and O–H groups in total. The standard InChI is InChI=1S/C19H19NO6/c1-4-17(21)26-15-10-9-12(11-16(15)24-2)18(22)20-14-8-6-5-7-13(14)19(23)25-3/h5-11H,4H2,1-3H3,(H,20,22). The highest BCUT2D eigenvalue weighted by atomic mass is 16.6. The van der Waals surface area contributed by atoms with Crippen molar-refractivity contribution in [1.82, 2.24) is 0 Å². The Bertz CT molecular complexity index is 831. The molecule has 0 aliphatic heterocycles. The van der Waals surface area contributed by atoms with Gasteiger partial charge in [-0.2, -0.15) is 0 Å². The highest BCUT2D eigenvalue weighted by molar-refractivity contribution is 6.08. The van der Waals surface area contributed by atoms with Gasteiger partial charge in [0.05, 0.1) is 25.5 Å². The van der Waals surface area contributed by atoms with Crippen LogP contribution in [-0.2, 0) is 9.53 Å². The molecule has 0 bridgehead atoms. The van der Waals surface area contributed by atoms with Crippen molar-refractivity contribution in [3.8, 4) is 11.5 Å². The number of nitrogens with one attached hydrogen (secondary N) is 1. The van der Waals surface area contributed by atoms with Crippen LogP contribution in [0.3, 0.4) is 0 Å². The molecule has 0 aliphatic carbocycles. The van der Waals surface area contributed by atoms with Crippen LogP contribution in [0.2, 0.25) is 0 Å². The highest BCUT2D eigenvalue weighted by Crippen LogP contribution is 2.29. The molecule has 2 rings (SSSR count). The van der Waals surface area contributed by atoms with Crippen molar-refractivity contribution in [1.29, 1.82) is 0 Å². The Balaban J connectivity index is 2.25. The van der Waals surface area contributed by atoms with Gasteiger partial charge in [-0.05, 0) is 30.3 Å². The van der Waals surface area contributed by atoms with Crippen LogP contribution in [0.25, 0.3) is 0 Å². The molecule has 0 saturated heterocycles. The minimum Gasteiger partial charge on any atom is -0.493 e. The molecular weight excluding hydrogens is 338 g/mol. The summed E-state index contributed by atoms with van der Waals surface area (Å²) in [5.74, 6) is -0.938. The van der Waals surface area contributed by atoms with Gasteiger partial charge in [-0.15, -0.1) is 0 Å². The summed E-state index contributed by atoms with van der Waals surface area (Å²) in [6, 6.07) is 10.9. The van der Waals surface area contributed by atoms with E-state index in [1.54, 1.807) is 31.2 Å². The monoisotopic (exact) mass is 357 g/mol. The molecule has 26 heavy (non-hydrogen) atoms. The number of para-hydroxylation sites is 1. The lowest BCUT2D eigenvalue weighted by Crippen LogP contribution is -2.15. The first-order valence-corrected chi connectivity index (χ1v) is 7.87. The van der Waals surface area contributed by atoms with Crippen molar-refractivity contribution >= 4 is 23.5 Å². The van der Waals surface area contributed by atoms with Gasteiger partial charge in [-0.1, -0.05) is 19.1 Å². The van der Waals surface area contributed by atoms with Gasteiger partial charge in [0.15, 0.2) is 11.5 Å². The summed E-state index contributed by atoms with van der Waals surface area (Å²) in [5.41, 5.74) is 0.839. The highest BCUT2D eigenvalue weighted by Gasteiger charge is 2.16. The average Bonchev–Trinajstić information content (AvgIpc) is 2.67. The third-order valence-corrected chi connectivity index (χ3v) is 3.52. The maximum atomic E-state index is 12.5. The molecule has 0 radical (unpaired) electrons. The van der Waals surface area contributed by atoms with Crippen LogP contribution < -0.4 is 14.8 Å². The molecule has 0 spiro atoms. The molecule has 0 heterocycles. The Morgan fingerprint density at radius 2 is 1.73 bits per heavy atom. The molecule has 7 nitrogen and oxygen atoms in total. The fraction of sp³-hybridized carbons (Fsp3) is 0.211. The zero-order valence-corrected chi connectivity index (χ0v) is 14.7. The SMILES string of the molecule is CCC(=O)Oc1ccc(C(=O)Nc2ccccc2C(=O)OC)cc1OC. The third kappa shape index (κ3) is 4.38. The maximum Gasteiger partial charge on any atom is 0.339 e. The number of esters is 2. The fourth-order valence-electron chi connectivity index (χ4n) is 2.16. The number of rotatable bonds is 6. The van der Waals surface area contributed by atoms with E-state index in [4.69, 9.17) is 14.2 Å². The van der Waals surface area contributed by atoms with E-state index in [-0.39, 0.29) is 29.0 Å². The van der Waals surface area contributed by atoms with Gasteiger partial charge in [0.2, 0.25) is 0 Å². The smallest absolute Gasteiger partial charge is 0.339 e. The van der Waals surface area contributed by atoms with Crippen LogP contribution in [0.15, 0.2) is 42.5 Å². The summed E-state index contributed by atoms with van der Waals surface area (Å²) in [6.45, 7) is 1.68. The molecule has 0 aliphatic rings. The number of benzene rings is 2. The van der Waals surface area contributed by atoms with Crippen LogP contribution in [0, 0.1) is 0 Å². The summed E-state index contributed by atoms with van der Waals surface area (Å²) in [5, 5.41) is 2.66. The second-order valence-electron chi connectivity index (χ2n) is 5.18. The number of ether oxygens (including phenoxy) is 3. The topological polar surface area (TPSA) is 90.9 Å². The van der Waals surface area contributed by atoms with Crippen molar-refractivity contribution in [3.63, 3.8) is 0 Å². The van der Waals surface area contributed by atoms with E-state index >= 15 is 0 Å². The Hall–Kier alpha value is -3.35. The normalized spacial score (nSPS) is 9.96. The van der Waals surface area contributed by atoms with E-state index in [0.717, 1.165) is 0 Å². The molecular formula is C19H19NO6. The Kier molecular flexibility index (Phi) is 6.32. The number of hydrogen-bond donors (Lipinski definition) is 1. The van der Waals surface area contributed by atoms with Gasteiger partial charge in [0.1, 0.15) is 0 Å². The van der Waals surface area contributed by atoms with Crippen molar-refractivity contribution in [2.75, 3.05) is 19.5 Å². The first-order chi connectivity index (χ1) is 12.5. The van der Waals surface area contributed by atoms with E-state index in [0.29, 0.717) is 5.69 Å². The largest absolute Gasteiger partial charge is 0.493 e. The minimum atomic E-state index is -0.555. The Morgan fingerprint density at radius 3 is 2.38 bits per heavy atom. The summed E-state index contributed by atoms with van der Waals surface area (Å²) >= 11 is 0. The van der Waals surface area contributed by atoms with Gasteiger partial charge in [0, 0.05) is 12.0 Å². The molecule has 7 heteroatoms. The molecule has 0 fully saturated rings. The quantitative estimate of drug-likeness (QED) is 0.631. The van der Waals surface area contributed by atoms with Gasteiger partial charge in [0.25, 0.3) is 5.91 Å². The number of methoxy groups -OCH3 is 2. The molecule has 0 saturated carbocycles. The molecule has 0 atom stereocenters. The first kappa shape index (κ1) is 19.0. The Labute approximate surface area is 150 Å². The van der Waals surface area contributed by atoms with E-state index in [2.05, 4.69) is 5.32 Å². The Morgan fingerprint density at radius 1 is 1.00 bits per heavy atom. The summed E-state index contributed by atoms with van der Waals surface area (Å²) in [4.78, 5) is 35.7. The van der Waals surface area contributed by atoms with Gasteiger partial charge >= 0.3 is 11.9 Å². The predicted molar refractivity (Wildman–Crippen MR) is 94.7 cm³/mol. The van der Waals surface area contributed by atoms with E-state index in [9.17, 15) is 14.4 Å². The fourth-order valence-corrected chi connectivity index (χ4v) is 2.16.